The van der Waals surface area contributed by atoms with Crippen molar-refractivity contribution in [3.8, 4) is 17.0 Å². The summed E-state index contributed by atoms with van der Waals surface area (Å²) in [5.74, 6) is 0.0602. The standard InChI is InChI=1S/C26H23F2N5O2/c1-15-7-8-20-18(11-15)16(13-30-20)9-10-29-26(34)19-14-31-33-22(24(27)28)12-21(32-25(19)33)17-5-3-4-6-23(17)35-2/h3-8,11-14,24,30H,9-10H2,1-2H3,(H,29,34). The van der Waals surface area contributed by atoms with Crippen molar-refractivity contribution in [2.75, 3.05) is 13.7 Å². The molecular weight excluding hydrogens is 452 g/mol. The molecule has 0 aliphatic rings. The Kier molecular flexibility index (Phi) is 5.90. The van der Waals surface area contributed by atoms with Gasteiger partial charge in [0.15, 0.2) is 5.65 Å². The summed E-state index contributed by atoms with van der Waals surface area (Å²) in [6, 6.07) is 14.4. The van der Waals surface area contributed by atoms with E-state index < -0.39 is 12.3 Å². The number of aryl methyl sites for hydroxylation is 1. The maximum atomic E-state index is 13.9. The molecule has 7 nitrogen and oxygen atoms in total. The zero-order chi connectivity index (χ0) is 24.5. The van der Waals surface area contributed by atoms with Gasteiger partial charge in [-0.2, -0.15) is 5.10 Å². The minimum Gasteiger partial charge on any atom is -0.496 e. The number of rotatable bonds is 7. The summed E-state index contributed by atoms with van der Waals surface area (Å²) in [6.45, 7) is 2.40. The molecule has 5 rings (SSSR count). The molecule has 178 valence electrons. The molecule has 2 aromatic carbocycles. The lowest BCUT2D eigenvalue weighted by Crippen LogP contribution is -2.25. The van der Waals surface area contributed by atoms with Crippen LogP contribution >= 0.6 is 0 Å². The van der Waals surface area contributed by atoms with Crippen molar-refractivity contribution in [1.82, 2.24) is 24.9 Å². The fraction of sp³-hybridized carbons (Fsp3) is 0.192. The van der Waals surface area contributed by atoms with Crippen LogP contribution < -0.4 is 10.1 Å². The van der Waals surface area contributed by atoms with Crippen LogP contribution in [0.5, 0.6) is 5.75 Å². The molecule has 5 aromatic rings. The van der Waals surface area contributed by atoms with Gasteiger partial charge in [-0.3, -0.25) is 4.79 Å². The number of hydrogen-bond acceptors (Lipinski definition) is 4. The fourth-order valence-corrected chi connectivity index (χ4v) is 4.20. The van der Waals surface area contributed by atoms with Gasteiger partial charge in [-0.05, 0) is 49.2 Å². The van der Waals surface area contributed by atoms with Gasteiger partial charge in [-0.1, -0.05) is 23.8 Å². The van der Waals surface area contributed by atoms with E-state index >= 15 is 0 Å². The molecule has 1 amide bonds. The third-order valence-electron chi connectivity index (χ3n) is 5.95. The number of nitrogens with zero attached hydrogens (tertiary/aromatic N) is 3. The SMILES string of the molecule is COc1ccccc1-c1cc(C(F)F)n2ncc(C(=O)NCCc3c[nH]c4ccc(C)cc34)c2n1. The molecule has 0 saturated carbocycles. The van der Waals surface area contributed by atoms with Crippen LogP contribution in [0.4, 0.5) is 8.78 Å². The minimum absolute atomic E-state index is 0.0592. The Labute approximate surface area is 199 Å². The molecule has 0 atom stereocenters. The molecule has 0 fully saturated rings. The van der Waals surface area contributed by atoms with Crippen LogP contribution in [0.25, 0.3) is 27.8 Å². The van der Waals surface area contributed by atoms with Crippen molar-refractivity contribution in [1.29, 1.82) is 0 Å². The number of halogens is 2. The Hall–Kier alpha value is -4.27. The lowest BCUT2D eigenvalue weighted by Gasteiger charge is -2.11. The number of benzene rings is 2. The average molecular weight is 475 g/mol. The van der Waals surface area contributed by atoms with Crippen LogP contribution in [0.2, 0.25) is 0 Å². The van der Waals surface area contributed by atoms with Gasteiger partial charge in [0, 0.05) is 29.2 Å². The van der Waals surface area contributed by atoms with E-state index in [-0.39, 0.29) is 22.6 Å². The van der Waals surface area contributed by atoms with Crippen LogP contribution in [0.15, 0.2) is 60.9 Å². The van der Waals surface area contributed by atoms with Crippen LogP contribution in [-0.4, -0.2) is 39.1 Å². The maximum Gasteiger partial charge on any atom is 0.280 e. The van der Waals surface area contributed by atoms with E-state index in [4.69, 9.17) is 4.74 Å². The molecule has 0 radical (unpaired) electrons. The molecule has 3 heterocycles. The van der Waals surface area contributed by atoms with Gasteiger partial charge in [-0.15, -0.1) is 0 Å². The van der Waals surface area contributed by atoms with Gasteiger partial charge < -0.3 is 15.0 Å². The molecule has 0 aliphatic carbocycles. The van der Waals surface area contributed by atoms with Gasteiger partial charge in [0.05, 0.1) is 19.0 Å². The van der Waals surface area contributed by atoms with Gasteiger partial charge in [-0.25, -0.2) is 18.3 Å². The lowest BCUT2D eigenvalue weighted by molar-refractivity contribution is 0.0955. The highest BCUT2D eigenvalue weighted by molar-refractivity contribution is 6.00. The number of nitrogens with one attached hydrogen (secondary N) is 2. The number of aromatic amines is 1. The quantitative estimate of drug-likeness (QED) is 0.343. The van der Waals surface area contributed by atoms with Crippen molar-refractivity contribution in [2.24, 2.45) is 0 Å². The zero-order valence-corrected chi connectivity index (χ0v) is 19.2. The highest BCUT2D eigenvalue weighted by Crippen LogP contribution is 2.32. The van der Waals surface area contributed by atoms with Crippen LogP contribution in [0.1, 0.15) is 33.6 Å². The Morgan fingerprint density at radius 1 is 1.20 bits per heavy atom. The number of hydrogen-bond donors (Lipinski definition) is 2. The second-order valence-corrected chi connectivity index (χ2v) is 8.23. The highest BCUT2D eigenvalue weighted by atomic mass is 19.3. The molecule has 0 unspecified atom stereocenters. The third-order valence-corrected chi connectivity index (χ3v) is 5.95. The fourth-order valence-electron chi connectivity index (χ4n) is 4.20. The minimum atomic E-state index is -2.81. The van der Waals surface area contributed by atoms with Crippen LogP contribution in [-0.2, 0) is 6.42 Å². The number of ether oxygens (including phenoxy) is 1. The number of carbonyl (C=O) groups excluding carboxylic acids is 1. The Morgan fingerprint density at radius 3 is 2.83 bits per heavy atom. The molecule has 9 heteroatoms. The predicted octanol–water partition coefficient (Wildman–Crippen LogP) is 5.10. The molecule has 0 bridgehead atoms. The lowest BCUT2D eigenvalue weighted by atomic mass is 10.1. The Balaban J connectivity index is 1.44. The average Bonchev–Trinajstić information content (AvgIpc) is 3.47. The van der Waals surface area contributed by atoms with E-state index in [0.29, 0.717) is 24.3 Å². The summed E-state index contributed by atoms with van der Waals surface area (Å²) in [5, 5.41) is 8.00. The van der Waals surface area contributed by atoms with E-state index in [1.54, 1.807) is 24.3 Å². The van der Waals surface area contributed by atoms with E-state index in [9.17, 15) is 13.6 Å². The first-order chi connectivity index (χ1) is 17.0. The first-order valence-corrected chi connectivity index (χ1v) is 11.1. The molecule has 2 N–H and O–H groups in total. The summed E-state index contributed by atoms with van der Waals surface area (Å²) >= 11 is 0. The molecule has 3 aromatic heterocycles. The first-order valence-electron chi connectivity index (χ1n) is 11.1. The zero-order valence-electron chi connectivity index (χ0n) is 19.2. The Morgan fingerprint density at radius 2 is 2.03 bits per heavy atom. The number of aromatic nitrogens is 4. The second kappa shape index (κ2) is 9.17. The number of carbonyl (C=O) groups is 1. The van der Waals surface area contributed by atoms with Crippen LogP contribution in [0.3, 0.4) is 0 Å². The smallest absolute Gasteiger partial charge is 0.280 e. The van der Waals surface area contributed by atoms with Gasteiger partial charge in [0.2, 0.25) is 0 Å². The van der Waals surface area contributed by atoms with E-state index in [2.05, 4.69) is 26.4 Å². The number of fused-ring (bicyclic) bond motifs is 2. The van der Waals surface area contributed by atoms with Gasteiger partial charge in [0.1, 0.15) is 17.0 Å². The molecule has 0 spiro atoms. The number of H-pyrrole nitrogens is 1. The van der Waals surface area contributed by atoms with E-state index in [0.717, 1.165) is 26.5 Å². The van der Waals surface area contributed by atoms with E-state index in [1.165, 1.54) is 19.4 Å². The number of methoxy groups -OCH3 is 1. The summed E-state index contributed by atoms with van der Waals surface area (Å²) in [6.07, 6.45) is 0.998. The van der Waals surface area contributed by atoms with Gasteiger partial charge in [0.25, 0.3) is 12.3 Å². The molecule has 35 heavy (non-hydrogen) atoms. The molecule has 0 saturated heterocycles. The largest absolute Gasteiger partial charge is 0.496 e. The van der Waals surface area contributed by atoms with Crippen molar-refractivity contribution < 1.29 is 18.3 Å². The summed E-state index contributed by atoms with van der Waals surface area (Å²) in [4.78, 5) is 20.7. The summed E-state index contributed by atoms with van der Waals surface area (Å²) in [7, 11) is 1.50. The van der Waals surface area contributed by atoms with E-state index in [1.807, 2.05) is 25.3 Å². The topological polar surface area (TPSA) is 84.3 Å². The van der Waals surface area contributed by atoms with Crippen LogP contribution in [0, 0.1) is 6.92 Å². The van der Waals surface area contributed by atoms with Crippen molar-refractivity contribution >= 4 is 22.5 Å². The number of alkyl halides is 2. The Bertz CT molecular complexity index is 1540. The van der Waals surface area contributed by atoms with Crippen molar-refractivity contribution in [2.45, 2.75) is 19.8 Å². The maximum absolute atomic E-state index is 13.9. The third kappa shape index (κ3) is 4.21. The highest BCUT2D eigenvalue weighted by Gasteiger charge is 2.22. The summed E-state index contributed by atoms with van der Waals surface area (Å²) < 4.78 is 34.1. The summed E-state index contributed by atoms with van der Waals surface area (Å²) in [5.41, 5.74) is 3.91. The first kappa shape index (κ1) is 22.5. The normalized spacial score (nSPS) is 11.5. The van der Waals surface area contributed by atoms with Gasteiger partial charge >= 0.3 is 0 Å². The predicted molar refractivity (Wildman–Crippen MR) is 129 cm³/mol. The second-order valence-electron chi connectivity index (χ2n) is 8.23. The molecular formula is C26H23F2N5O2. The van der Waals surface area contributed by atoms with Crippen molar-refractivity contribution in [3.05, 3.63) is 83.3 Å². The van der Waals surface area contributed by atoms with Crippen molar-refractivity contribution in [3.63, 3.8) is 0 Å². The monoisotopic (exact) mass is 475 g/mol. The number of para-hydroxylation sites is 1. The number of amides is 1. The molecule has 0 aliphatic heterocycles.